The van der Waals surface area contributed by atoms with Gasteiger partial charge in [-0.15, -0.1) is 0 Å². The van der Waals surface area contributed by atoms with Gasteiger partial charge in [0.15, 0.2) is 0 Å². The second kappa shape index (κ2) is 5.51. The molecular weight excluding hydrogens is 364 g/mol. The predicted molar refractivity (Wildman–Crippen MR) is 89.6 cm³/mol. The number of aryl methyl sites for hydroxylation is 1. The summed E-state index contributed by atoms with van der Waals surface area (Å²) in [4.78, 5) is 38.4. The lowest BCUT2D eigenvalue weighted by molar-refractivity contribution is 0.0697. The fourth-order valence-electron chi connectivity index (χ4n) is 2.35. The zero-order chi connectivity index (χ0) is 16.7. The maximum atomic E-state index is 12.6. The van der Waals surface area contributed by atoms with Crippen LogP contribution in [-0.4, -0.2) is 20.6 Å². The van der Waals surface area contributed by atoms with E-state index in [-0.39, 0.29) is 16.5 Å². The molecule has 2 N–H and O–H groups in total. The second-order valence-electron chi connectivity index (χ2n) is 5.07. The van der Waals surface area contributed by atoms with Crippen molar-refractivity contribution < 1.29 is 9.90 Å². The number of rotatable bonds is 2. The van der Waals surface area contributed by atoms with E-state index in [4.69, 9.17) is 5.11 Å². The molecule has 23 heavy (non-hydrogen) atoms. The van der Waals surface area contributed by atoms with Gasteiger partial charge in [0, 0.05) is 4.47 Å². The number of aromatic nitrogens is 2. The number of hydrogen-bond donors (Lipinski definition) is 2. The van der Waals surface area contributed by atoms with Gasteiger partial charge in [0.05, 0.1) is 22.2 Å². The van der Waals surface area contributed by atoms with Crippen LogP contribution in [0.2, 0.25) is 0 Å². The Morgan fingerprint density at radius 2 is 1.91 bits per heavy atom. The van der Waals surface area contributed by atoms with Crippen LogP contribution in [0.5, 0.6) is 0 Å². The van der Waals surface area contributed by atoms with Crippen LogP contribution in [0.1, 0.15) is 15.9 Å². The normalized spacial score (nSPS) is 10.9. The van der Waals surface area contributed by atoms with Gasteiger partial charge in [0.1, 0.15) is 0 Å². The summed E-state index contributed by atoms with van der Waals surface area (Å²) in [5.74, 6) is -1.12. The number of halogens is 1. The maximum Gasteiger partial charge on any atom is 0.335 e. The summed E-state index contributed by atoms with van der Waals surface area (Å²) in [7, 11) is 0. The largest absolute Gasteiger partial charge is 0.478 e. The highest BCUT2D eigenvalue weighted by Crippen LogP contribution is 2.18. The number of aromatic amines is 1. The average Bonchev–Trinajstić information content (AvgIpc) is 2.50. The molecule has 0 aliphatic heterocycles. The van der Waals surface area contributed by atoms with Crippen molar-refractivity contribution in [3.8, 4) is 5.69 Å². The van der Waals surface area contributed by atoms with Crippen molar-refractivity contribution in [3.63, 3.8) is 0 Å². The van der Waals surface area contributed by atoms with Gasteiger partial charge < -0.3 is 10.1 Å². The molecule has 0 spiro atoms. The molecule has 0 aliphatic carbocycles. The molecule has 0 amide bonds. The van der Waals surface area contributed by atoms with E-state index in [0.717, 1.165) is 14.6 Å². The molecule has 1 heterocycles. The Kier molecular flexibility index (Phi) is 3.65. The van der Waals surface area contributed by atoms with Crippen molar-refractivity contribution in [1.82, 2.24) is 9.55 Å². The quantitative estimate of drug-likeness (QED) is 0.720. The topological polar surface area (TPSA) is 92.2 Å². The first kappa shape index (κ1) is 15.2. The van der Waals surface area contributed by atoms with Gasteiger partial charge in [-0.05, 0) is 48.9 Å². The molecule has 6 nitrogen and oxygen atoms in total. The number of nitrogens with one attached hydrogen (secondary N) is 1. The second-order valence-corrected chi connectivity index (χ2v) is 5.92. The molecule has 0 bridgehead atoms. The summed E-state index contributed by atoms with van der Waals surface area (Å²) in [6.07, 6.45) is 0. The molecule has 1 aromatic heterocycles. The van der Waals surface area contributed by atoms with Crippen molar-refractivity contribution in [2.45, 2.75) is 6.92 Å². The highest BCUT2D eigenvalue weighted by atomic mass is 79.9. The summed E-state index contributed by atoms with van der Waals surface area (Å²) in [6, 6.07) is 9.15. The first-order valence-electron chi connectivity index (χ1n) is 6.67. The Balaban J connectivity index is 2.33. The van der Waals surface area contributed by atoms with E-state index in [9.17, 15) is 14.4 Å². The van der Waals surface area contributed by atoms with Crippen LogP contribution >= 0.6 is 15.9 Å². The molecule has 116 valence electrons. The van der Waals surface area contributed by atoms with Crippen LogP contribution < -0.4 is 11.2 Å². The van der Waals surface area contributed by atoms with Gasteiger partial charge in [-0.2, -0.15) is 0 Å². The number of hydrogen-bond acceptors (Lipinski definition) is 3. The number of benzene rings is 2. The Morgan fingerprint density at radius 1 is 1.17 bits per heavy atom. The molecule has 0 saturated carbocycles. The SMILES string of the molecule is Cc1cc(-n2c(=O)[nH]c3cc(C(=O)O)ccc3c2=O)ccc1Br. The standard InChI is InChI=1S/C16H11BrN2O4/c1-8-6-10(3-5-12(8)17)19-14(20)11-4-2-9(15(21)22)7-13(11)18-16(19)23/h2-7H,1H3,(H,18,23)(H,21,22). The molecule has 0 aliphatic rings. The molecule has 3 aromatic rings. The lowest BCUT2D eigenvalue weighted by atomic mass is 10.1. The first-order valence-corrected chi connectivity index (χ1v) is 7.46. The Hall–Kier alpha value is -2.67. The van der Waals surface area contributed by atoms with E-state index in [1.54, 1.807) is 18.2 Å². The van der Waals surface area contributed by atoms with Crippen LogP contribution in [0.4, 0.5) is 0 Å². The van der Waals surface area contributed by atoms with Gasteiger partial charge in [-0.1, -0.05) is 15.9 Å². The highest BCUT2D eigenvalue weighted by Gasteiger charge is 2.12. The summed E-state index contributed by atoms with van der Waals surface area (Å²) >= 11 is 3.37. The van der Waals surface area contributed by atoms with Crippen LogP contribution in [0, 0.1) is 6.92 Å². The Morgan fingerprint density at radius 3 is 2.57 bits per heavy atom. The smallest absolute Gasteiger partial charge is 0.335 e. The third-order valence-electron chi connectivity index (χ3n) is 3.54. The monoisotopic (exact) mass is 374 g/mol. The number of carboxylic acid groups (broad SMARTS) is 1. The molecular formula is C16H11BrN2O4. The predicted octanol–water partition coefficient (Wildman–Crippen LogP) is 2.45. The minimum Gasteiger partial charge on any atom is -0.478 e. The van der Waals surface area contributed by atoms with Crippen molar-refractivity contribution in [2.75, 3.05) is 0 Å². The lowest BCUT2D eigenvalue weighted by Crippen LogP contribution is -2.33. The molecule has 0 saturated heterocycles. The fraction of sp³-hybridized carbons (Fsp3) is 0.0625. The minimum atomic E-state index is -1.12. The number of fused-ring (bicyclic) bond motifs is 1. The number of nitrogens with zero attached hydrogens (tertiary/aromatic N) is 1. The fourth-order valence-corrected chi connectivity index (χ4v) is 2.60. The van der Waals surface area contributed by atoms with Crippen LogP contribution in [-0.2, 0) is 0 Å². The lowest BCUT2D eigenvalue weighted by Gasteiger charge is -2.08. The third-order valence-corrected chi connectivity index (χ3v) is 4.43. The molecule has 2 aromatic carbocycles. The van der Waals surface area contributed by atoms with Gasteiger partial charge in [-0.3, -0.25) is 4.79 Å². The van der Waals surface area contributed by atoms with Gasteiger partial charge >= 0.3 is 11.7 Å². The van der Waals surface area contributed by atoms with Crippen molar-refractivity contribution in [1.29, 1.82) is 0 Å². The maximum absolute atomic E-state index is 12.6. The Bertz CT molecular complexity index is 1070. The zero-order valence-corrected chi connectivity index (χ0v) is 13.5. The summed E-state index contributed by atoms with van der Waals surface area (Å²) in [5.41, 5.74) is 0.417. The van der Waals surface area contributed by atoms with Crippen molar-refractivity contribution in [2.24, 2.45) is 0 Å². The van der Waals surface area contributed by atoms with Gasteiger partial charge in [0.2, 0.25) is 0 Å². The summed E-state index contributed by atoms with van der Waals surface area (Å²) < 4.78 is 1.90. The molecule has 0 unspecified atom stereocenters. The summed E-state index contributed by atoms with van der Waals surface area (Å²) in [5, 5.41) is 9.24. The molecule has 0 fully saturated rings. The van der Waals surface area contributed by atoms with Gasteiger partial charge in [0.25, 0.3) is 5.56 Å². The number of carboxylic acids is 1. The van der Waals surface area contributed by atoms with E-state index in [0.29, 0.717) is 5.69 Å². The van der Waals surface area contributed by atoms with Crippen molar-refractivity contribution >= 4 is 32.8 Å². The highest BCUT2D eigenvalue weighted by molar-refractivity contribution is 9.10. The number of carbonyl (C=O) groups is 1. The zero-order valence-electron chi connectivity index (χ0n) is 12.0. The van der Waals surface area contributed by atoms with E-state index >= 15 is 0 Å². The minimum absolute atomic E-state index is 0.00443. The molecule has 7 heteroatoms. The molecule has 3 rings (SSSR count). The van der Waals surface area contributed by atoms with E-state index in [1.807, 2.05) is 6.92 Å². The van der Waals surface area contributed by atoms with Crippen LogP contribution in [0.3, 0.4) is 0 Å². The summed E-state index contributed by atoms with van der Waals surface area (Å²) in [6.45, 7) is 1.85. The number of aromatic carboxylic acids is 1. The molecule has 0 radical (unpaired) electrons. The Labute approximate surface area is 138 Å². The average molecular weight is 375 g/mol. The van der Waals surface area contributed by atoms with Crippen LogP contribution in [0.25, 0.3) is 16.6 Å². The molecule has 0 atom stereocenters. The van der Waals surface area contributed by atoms with Gasteiger partial charge in [-0.25, -0.2) is 14.2 Å². The number of H-pyrrole nitrogens is 1. The van der Waals surface area contributed by atoms with E-state index in [2.05, 4.69) is 20.9 Å². The first-order chi connectivity index (χ1) is 10.9. The van der Waals surface area contributed by atoms with Crippen molar-refractivity contribution in [3.05, 3.63) is 72.8 Å². The van der Waals surface area contributed by atoms with E-state index in [1.165, 1.54) is 18.2 Å². The third kappa shape index (κ3) is 2.59. The van der Waals surface area contributed by atoms with E-state index < -0.39 is 17.2 Å². The van der Waals surface area contributed by atoms with Crippen LogP contribution in [0.15, 0.2) is 50.5 Å².